The topological polar surface area (TPSA) is 83.1 Å². The molecule has 3 amide bonds. The summed E-state index contributed by atoms with van der Waals surface area (Å²) in [5.41, 5.74) is 0. The zero-order chi connectivity index (χ0) is 13.7. The van der Waals surface area contributed by atoms with E-state index in [-0.39, 0.29) is 11.9 Å². The predicted molar refractivity (Wildman–Crippen MR) is 72.9 cm³/mol. The van der Waals surface area contributed by atoms with Gasteiger partial charge in [-0.1, -0.05) is 6.92 Å². The lowest BCUT2D eigenvalue weighted by Crippen LogP contribution is -2.52. The van der Waals surface area contributed by atoms with Gasteiger partial charge in [0.05, 0.1) is 6.54 Å². The van der Waals surface area contributed by atoms with Crippen molar-refractivity contribution in [2.24, 2.45) is 0 Å². The molecule has 0 saturated carbocycles. The van der Waals surface area contributed by atoms with Crippen LogP contribution in [0.4, 0.5) is 4.79 Å². The summed E-state index contributed by atoms with van der Waals surface area (Å²) in [5, 5.41) is 9.00. The quantitative estimate of drug-likeness (QED) is 0.763. The fourth-order valence-electron chi connectivity index (χ4n) is 1.87. The van der Waals surface area contributed by atoms with Crippen molar-refractivity contribution in [2.75, 3.05) is 6.54 Å². The highest BCUT2D eigenvalue weighted by atomic mass is 32.1. The summed E-state index contributed by atoms with van der Waals surface area (Å²) >= 11 is 1.59. The molecule has 2 rings (SSSR count). The first-order valence-electron chi connectivity index (χ1n) is 6.44. The molecule has 7 heteroatoms. The first-order valence-corrected chi connectivity index (χ1v) is 7.26. The molecule has 1 aliphatic heterocycles. The van der Waals surface area contributed by atoms with Gasteiger partial charge in [-0.25, -0.2) is 9.78 Å². The molecule has 0 spiro atoms. The van der Waals surface area contributed by atoms with E-state index in [0.29, 0.717) is 19.5 Å². The van der Waals surface area contributed by atoms with Crippen molar-refractivity contribution in [1.29, 1.82) is 0 Å². The standard InChI is InChI=1S/C12H18N4O2S/c1-2-8-6-14-10(19-8)7-15-12(18)16-9-4-3-5-13-11(9)17/h6,9H,2-5,7H2,1H3,(H,13,17)(H2,15,16,18)/t9-/m1/s1. The van der Waals surface area contributed by atoms with Crippen LogP contribution in [0.25, 0.3) is 0 Å². The van der Waals surface area contributed by atoms with E-state index in [0.717, 1.165) is 17.8 Å². The lowest BCUT2D eigenvalue weighted by atomic mass is 10.1. The number of rotatable bonds is 4. The number of aromatic nitrogens is 1. The molecule has 1 atom stereocenters. The normalized spacial score (nSPS) is 18.8. The van der Waals surface area contributed by atoms with Gasteiger partial charge >= 0.3 is 6.03 Å². The molecule has 1 aromatic heterocycles. The van der Waals surface area contributed by atoms with E-state index in [2.05, 4.69) is 27.9 Å². The molecule has 6 nitrogen and oxygen atoms in total. The third-order valence-corrected chi connectivity index (χ3v) is 4.08. The van der Waals surface area contributed by atoms with Crippen molar-refractivity contribution in [3.05, 3.63) is 16.1 Å². The number of aryl methyl sites for hydroxylation is 1. The van der Waals surface area contributed by atoms with E-state index < -0.39 is 6.04 Å². The largest absolute Gasteiger partial charge is 0.354 e. The highest BCUT2D eigenvalue weighted by molar-refractivity contribution is 7.11. The van der Waals surface area contributed by atoms with E-state index in [9.17, 15) is 9.59 Å². The van der Waals surface area contributed by atoms with Crippen molar-refractivity contribution < 1.29 is 9.59 Å². The van der Waals surface area contributed by atoms with Gasteiger partial charge in [0, 0.05) is 17.6 Å². The molecule has 2 heterocycles. The van der Waals surface area contributed by atoms with Crippen LogP contribution >= 0.6 is 11.3 Å². The van der Waals surface area contributed by atoms with E-state index in [1.165, 1.54) is 4.88 Å². The maximum atomic E-state index is 11.7. The second-order valence-corrected chi connectivity index (χ2v) is 5.59. The predicted octanol–water partition coefficient (Wildman–Crippen LogP) is 0.783. The third-order valence-electron chi connectivity index (χ3n) is 2.94. The van der Waals surface area contributed by atoms with Crippen molar-refractivity contribution in [2.45, 2.75) is 38.8 Å². The summed E-state index contributed by atoms with van der Waals surface area (Å²) in [6.07, 6.45) is 4.36. The Morgan fingerprint density at radius 3 is 3.16 bits per heavy atom. The van der Waals surface area contributed by atoms with Gasteiger partial charge in [0.25, 0.3) is 0 Å². The molecule has 104 valence electrons. The average Bonchev–Trinajstić information content (AvgIpc) is 2.87. The second-order valence-electron chi connectivity index (χ2n) is 4.39. The summed E-state index contributed by atoms with van der Waals surface area (Å²) in [5.74, 6) is -0.107. The fraction of sp³-hybridized carbons (Fsp3) is 0.583. The number of nitrogens with zero attached hydrogens (tertiary/aromatic N) is 1. The van der Waals surface area contributed by atoms with Gasteiger partial charge < -0.3 is 16.0 Å². The van der Waals surface area contributed by atoms with Crippen molar-refractivity contribution in [3.8, 4) is 0 Å². The van der Waals surface area contributed by atoms with Crippen LogP contribution in [0.5, 0.6) is 0 Å². The van der Waals surface area contributed by atoms with E-state index >= 15 is 0 Å². The molecule has 1 fully saturated rings. The van der Waals surface area contributed by atoms with E-state index in [1.807, 2.05) is 6.20 Å². The molecule has 0 unspecified atom stereocenters. The average molecular weight is 282 g/mol. The van der Waals surface area contributed by atoms with Gasteiger partial charge in [0.1, 0.15) is 11.0 Å². The number of hydrogen-bond donors (Lipinski definition) is 3. The monoisotopic (exact) mass is 282 g/mol. The number of amides is 3. The molecule has 19 heavy (non-hydrogen) atoms. The number of carbonyl (C=O) groups excluding carboxylic acids is 2. The molecular formula is C12H18N4O2S. The van der Waals surface area contributed by atoms with Crippen LogP contribution < -0.4 is 16.0 Å². The smallest absolute Gasteiger partial charge is 0.315 e. The molecule has 0 aliphatic carbocycles. The Bertz CT molecular complexity index is 460. The minimum Gasteiger partial charge on any atom is -0.354 e. The van der Waals surface area contributed by atoms with Crippen LogP contribution in [0, 0.1) is 0 Å². The van der Waals surface area contributed by atoms with Crippen LogP contribution in [0.1, 0.15) is 29.7 Å². The Balaban J connectivity index is 1.76. The highest BCUT2D eigenvalue weighted by Gasteiger charge is 2.23. The summed E-state index contributed by atoms with van der Waals surface area (Å²) in [7, 11) is 0. The number of urea groups is 1. The Morgan fingerprint density at radius 2 is 2.47 bits per heavy atom. The Morgan fingerprint density at radius 1 is 1.63 bits per heavy atom. The van der Waals surface area contributed by atoms with Crippen LogP contribution in [-0.4, -0.2) is 29.5 Å². The Labute approximate surface area is 116 Å². The van der Waals surface area contributed by atoms with Gasteiger partial charge in [0.2, 0.25) is 5.91 Å². The SMILES string of the molecule is CCc1cnc(CNC(=O)N[C@@H]2CCCNC2=O)s1. The van der Waals surface area contributed by atoms with E-state index in [1.54, 1.807) is 11.3 Å². The Kier molecular flexibility index (Phi) is 4.73. The maximum Gasteiger partial charge on any atom is 0.315 e. The van der Waals surface area contributed by atoms with Crippen LogP contribution in [0.15, 0.2) is 6.20 Å². The van der Waals surface area contributed by atoms with Gasteiger partial charge in [-0.15, -0.1) is 11.3 Å². The maximum absolute atomic E-state index is 11.7. The lowest BCUT2D eigenvalue weighted by Gasteiger charge is -2.22. The summed E-state index contributed by atoms with van der Waals surface area (Å²) < 4.78 is 0. The number of carbonyl (C=O) groups is 2. The second kappa shape index (κ2) is 6.51. The number of nitrogens with one attached hydrogen (secondary N) is 3. The summed E-state index contributed by atoms with van der Waals surface area (Å²) in [4.78, 5) is 28.6. The molecule has 1 aromatic rings. The van der Waals surface area contributed by atoms with Crippen LogP contribution in [0.3, 0.4) is 0 Å². The molecule has 0 aromatic carbocycles. The third kappa shape index (κ3) is 3.92. The van der Waals surface area contributed by atoms with Gasteiger partial charge in [0.15, 0.2) is 0 Å². The highest BCUT2D eigenvalue weighted by Crippen LogP contribution is 2.12. The summed E-state index contributed by atoms with van der Waals surface area (Å²) in [6.45, 7) is 3.15. The molecule has 3 N–H and O–H groups in total. The van der Waals surface area contributed by atoms with Gasteiger partial charge in [-0.2, -0.15) is 0 Å². The van der Waals surface area contributed by atoms with Gasteiger partial charge in [-0.3, -0.25) is 4.79 Å². The van der Waals surface area contributed by atoms with Crippen LogP contribution in [0.2, 0.25) is 0 Å². The van der Waals surface area contributed by atoms with Crippen molar-refractivity contribution in [1.82, 2.24) is 20.9 Å². The van der Waals surface area contributed by atoms with Crippen LogP contribution in [-0.2, 0) is 17.8 Å². The molecule has 1 aliphatic rings. The van der Waals surface area contributed by atoms with Gasteiger partial charge in [-0.05, 0) is 19.3 Å². The first kappa shape index (κ1) is 13.8. The number of piperidine rings is 1. The fourth-order valence-corrected chi connectivity index (χ4v) is 2.67. The molecular weight excluding hydrogens is 264 g/mol. The zero-order valence-corrected chi connectivity index (χ0v) is 11.7. The minimum absolute atomic E-state index is 0.107. The number of thiazole rings is 1. The first-order chi connectivity index (χ1) is 9.19. The minimum atomic E-state index is -0.420. The molecule has 0 radical (unpaired) electrons. The molecule has 1 saturated heterocycles. The Hall–Kier alpha value is -1.63. The van der Waals surface area contributed by atoms with Crippen molar-refractivity contribution in [3.63, 3.8) is 0 Å². The molecule has 0 bridgehead atoms. The van der Waals surface area contributed by atoms with Crippen molar-refractivity contribution >= 4 is 23.3 Å². The number of hydrogen-bond acceptors (Lipinski definition) is 4. The zero-order valence-electron chi connectivity index (χ0n) is 10.9. The van der Waals surface area contributed by atoms with E-state index in [4.69, 9.17) is 0 Å². The lowest BCUT2D eigenvalue weighted by molar-refractivity contribution is -0.124. The summed E-state index contributed by atoms with van der Waals surface area (Å²) in [6, 6.07) is -0.744.